The molecule has 1 saturated heterocycles. The number of rotatable bonds is 1. The molecule has 1 aromatic carbocycles. The first kappa shape index (κ1) is 13.5. The zero-order chi connectivity index (χ0) is 13.3. The van der Waals surface area contributed by atoms with Crippen molar-refractivity contribution in [3.63, 3.8) is 0 Å². The van der Waals surface area contributed by atoms with Crippen molar-refractivity contribution in [1.29, 1.82) is 0 Å². The van der Waals surface area contributed by atoms with Gasteiger partial charge in [-0.3, -0.25) is 0 Å². The monoisotopic (exact) mass is 264 g/mol. The molecule has 2 atom stereocenters. The van der Waals surface area contributed by atoms with E-state index in [4.69, 9.17) is 4.74 Å². The summed E-state index contributed by atoms with van der Waals surface area (Å²) in [6.45, 7) is 6.73. The Kier molecular flexibility index (Phi) is 3.71. The third-order valence-electron chi connectivity index (χ3n) is 3.08. The molecule has 0 aromatic heterocycles. The van der Waals surface area contributed by atoms with Crippen molar-refractivity contribution in [2.24, 2.45) is 5.41 Å². The summed E-state index contributed by atoms with van der Waals surface area (Å²) in [4.78, 5) is 0. The van der Waals surface area contributed by atoms with Crippen LogP contribution >= 0.6 is 11.8 Å². The molecule has 98 valence electrons. The number of benzene rings is 1. The van der Waals surface area contributed by atoms with Crippen LogP contribution in [0.4, 0.5) is 0 Å². The van der Waals surface area contributed by atoms with E-state index in [1.54, 1.807) is 0 Å². The van der Waals surface area contributed by atoms with Gasteiger partial charge in [0.05, 0.1) is 5.25 Å². The highest BCUT2D eigenvalue weighted by atomic mass is 32.2. The lowest BCUT2D eigenvalue weighted by Crippen LogP contribution is -2.30. The predicted molar refractivity (Wildman–Crippen MR) is 78.2 cm³/mol. The zero-order valence-corrected chi connectivity index (χ0v) is 12.6. The van der Waals surface area contributed by atoms with Crippen molar-refractivity contribution in [1.82, 2.24) is 0 Å². The second-order valence-corrected chi connectivity index (χ2v) is 7.11. The topological polar surface area (TPSA) is 12.2 Å². The summed E-state index contributed by atoms with van der Waals surface area (Å²) in [5.74, 6) is 0. The molecule has 0 spiro atoms. The molecule has 2 unspecified atom stereocenters. The van der Waals surface area contributed by atoms with E-state index >= 15 is 0 Å². The fourth-order valence-corrected chi connectivity index (χ4v) is 3.56. The van der Waals surface area contributed by atoms with Gasteiger partial charge in [0.1, 0.15) is 20.2 Å². The Hall–Kier alpha value is -0.960. The Bertz CT molecular complexity index is 443. The van der Waals surface area contributed by atoms with Crippen molar-refractivity contribution in [2.75, 3.05) is 14.1 Å². The van der Waals surface area contributed by atoms with Crippen LogP contribution in [0.5, 0.6) is 0 Å². The standard InChI is InChI=1S/C15H22NOS/c1-15(2,3)13-12(11-9-7-6-8-10-11)18-14(17-13)16(4)5/h6-10,12-13H,1-5H3/q+1. The maximum Gasteiger partial charge on any atom is 0.401 e. The lowest BCUT2D eigenvalue weighted by molar-refractivity contribution is -0.471. The molecule has 0 radical (unpaired) electrons. The van der Waals surface area contributed by atoms with Gasteiger partial charge in [0.25, 0.3) is 0 Å². The molecule has 0 bridgehead atoms. The average Bonchev–Trinajstić information content (AvgIpc) is 2.74. The van der Waals surface area contributed by atoms with Crippen LogP contribution in [0, 0.1) is 5.41 Å². The van der Waals surface area contributed by atoms with Crippen molar-refractivity contribution in [2.45, 2.75) is 32.1 Å². The number of hydrogen-bond donors (Lipinski definition) is 0. The predicted octanol–water partition coefficient (Wildman–Crippen LogP) is 3.53. The summed E-state index contributed by atoms with van der Waals surface area (Å²) in [5.41, 5.74) is 1.48. The lowest BCUT2D eigenvalue weighted by Gasteiger charge is -2.29. The summed E-state index contributed by atoms with van der Waals surface area (Å²) < 4.78 is 8.22. The number of ether oxygens (including phenoxy) is 1. The van der Waals surface area contributed by atoms with Gasteiger partial charge in [0, 0.05) is 5.41 Å². The molecule has 2 nitrogen and oxygen atoms in total. The van der Waals surface area contributed by atoms with Crippen LogP contribution in [0.2, 0.25) is 0 Å². The normalized spacial score (nSPS) is 23.9. The molecule has 0 aliphatic carbocycles. The van der Waals surface area contributed by atoms with Gasteiger partial charge in [-0.15, -0.1) is 0 Å². The quantitative estimate of drug-likeness (QED) is 0.719. The van der Waals surface area contributed by atoms with Gasteiger partial charge in [-0.25, -0.2) is 0 Å². The number of thioether (sulfide) groups is 1. The fraction of sp³-hybridized carbons (Fsp3) is 0.533. The highest BCUT2D eigenvalue weighted by Crippen LogP contribution is 2.47. The van der Waals surface area contributed by atoms with Crippen LogP contribution in [-0.2, 0) is 4.74 Å². The lowest BCUT2D eigenvalue weighted by atomic mass is 9.85. The molecule has 1 aliphatic rings. The summed E-state index contributed by atoms with van der Waals surface area (Å²) in [5, 5.41) is 1.40. The van der Waals surface area contributed by atoms with E-state index in [9.17, 15) is 0 Å². The molecule has 0 saturated carbocycles. The van der Waals surface area contributed by atoms with Crippen molar-refractivity contribution < 1.29 is 9.31 Å². The third kappa shape index (κ3) is 2.72. The van der Waals surface area contributed by atoms with Crippen LogP contribution in [0.3, 0.4) is 0 Å². The van der Waals surface area contributed by atoms with E-state index in [0.717, 1.165) is 5.23 Å². The Labute approximate surface area is 114 Å². The first-order valence-electron chi connectivity index (χ1n) is 6.32. The van der Waals surface area contributed by atoms with Gasteiger partial charge < -0.3 is 4.74 Å². The molecular formula is C15H22NOS+. The summed E-state index contributed by atoms with van der Waals surface area (Å²) in [7, 11) is 4.07. The summed E-state index contributed by atoms with van der Waals surface area (Å²) in [6.07, 6.45) is 0.210. The highest BCUT2D eigenvalue weighted by Gasteiger charge is 2.45. The SMILES string of the molecule is C[N+](C)=C1OC(C(C)(C)C)C(c2ccccc2)S1. The van der Waals surface area contributed by atoms with Gasteiger partial charge in [-0.2, -0.15) is 4.58 Å². The van der Waals surface area contributed by atoms with Crippen molar-refractivity contribution in [3.05, 3.63) is 35.9 Å². The molecule has 2 rings (SSSR count). The maximum absolute atomic E-state index is 6.16. The Morgan fingerprint density at radius 3 is 2.22 bits per heavy atom. The minimum Gasteiger partial charge on any atom is -0.434 e. The fourth-order valence-electron chi connectivity index (χ4n) is 2.10. The molecule has 3 heteroatoms. The first-order valence-corrected chi connectivity index (χ1v) is 7.20. The first-order chi connectivity index (χ1) is 8.39. The molecule has 0 amide bonds. The Morgan fingerprint density at radius 2 is 1.72 bits per heavy atom. The van der Waals surface area contributed by atoms with Crippen LogP contribution < -0.4 is 0 Å². The molecule has 1 aliphatic heterocycles. The largest absolute Gasteiger partial charge is 0.434 e. The Balaban J connectivity index is 2.35. The number of hydrogen-bond acceptors (Lipinski definition) is 2. The van der Waals surface area contributed by atoms with Gasteiger partial charge >= 0.3 is 5.23 Å². The van der Waals surface area contributed by atoms with Crippen molar-refractivity contribution in [3.8, 4) is 0 Å². The molecule has 1 aromatic rings. The molecule has 1 fully saturated rings. The van der Waals surface area contributed by atoms with Gasteiger partial charge in [0.15, 0.2) is 0 Å². The van der Waals surface area contributed by atoms with Gasteiger partial charge in [-0.05, 0) is 17.3 Å². The number of nitrogens with zero attached hydrogens (tertiary/aromatic N) is 1. The van der Waals surface area contributed by atoms with Crippen LogP contribution in [0.15, 0.2) is 30.3 Å². The highest BCUT2D eigenvalue weighted by molar-refractivity contribution is 8.13. The molecule has 18 heavy (non-hydrogen) atoms. The van der Waals surface area contributed by atoms with Crippen LogP contribution in [-0.4, -0.2) is 30.0 Å². The molecule has 0 N–H and O–H groups in total. The van der Waals surface area contributed by atoms with E-state index in [2.05, 4.69) is 55.7 Å². The van der Waals surface area contributed by atoms with Crippen molar-refractivity contribution >= 4 is 17.0 Å². The molecular weight excluding hydrogens is 242 g/mol. The third-order valence-corrected chi connectivity index (χ3v) is 4.51. The minimum atomic E-state index is 0.130. The van der Waals surface area contributed by atoms with Crippen LogP contribution in [0.25, 0.3) is 0 Å². The second kappa shape index (κ2) is 4.96. The van der Waals surface area contributed by atoms with Gasteiger partial charge in [0.2, 0.25) is 0 Å². The minimum absolute atomic E-state index is 0.130. The smallest absolute Gasteiger partial charge is 0.401 e. The van der Waals surface area contributed by atoms with E-state index in [1.165, 1.54) is 5.56 Å². The van der Waals surface area contributed by atoms with E-state index in [-0.39, 0.29) is 11.5 Å². The second-order valence-electron chi connectivity index (χ2n) is 6.01. The zero-order valence-electron chi connectivity index (χ0n) is 11.8. The summed E-state index contributed by atoms with van der Waals surface area (Å²) in [6, 6.07) is 10.6. The summed E-state index contributed by atoms with van der Waals surface area (Å²) >= 11 is 1.83. The van der Waals surface area contributed by atoms with Gasteiger partial charge in [-0.1, -0.05) is 51.1 Å². The van der Waals surface area contributed by atoms with E-state index in [1.807, 2.05) is 25.9 Å². The van der Waals surface area contributed by atoms with E-state index < -0.39 is 0 Å². The van der Waals surface area contributed by atoms with Crippen LogP contribution in [0.1, 0.15) is 31.6 Å². The Morgan fingerprint density at radius 1 is 1.11 bits per heavy atom. The molecule has 1 heterocycles. The maximum atomic E-state index is 6.16. The average molecular weight is 264 g/mol. The van der Waals surface area contributed by atoms with E-state index in [0.29, 0.717) is 5.25 Å².